The molecular weight excluding hydrogens is 330 g/mol. The second kappa shape index (κ2) is 8.05. The molecule has 0 amide bonds. The molecule has 0 atom stereocenters. The molecule has 0 radical (unpaired) electrons. The Bertz CT molecular complexity index is 587. The van der Waals surface area contributed by atoms with Gasteiger partial charge < -0.3 is 14.8 Å². The maximum atomic E-state index is 5.96. The average molecular weight is 350 g/mol. The molecule has 1 N–H and O–H groups in total. The molecule has 4 heteroatoms. The van der Waals surface area contributed by atoms with Crippen LogP contribution in [0.15, 0.2) is 46.9 Å². The molecule has 0 heterocycles. The van der Waals surface area contributed by atoms with E-state index in [4.69, 9.17) is 9.47 Å². The van der Waals surface area contributed by atoms with Gasteiger partial charge in [-0.3, -0.25) is 0 Å². The molecule has 0 saturated carbocycles. The van der Waals surface area contributed by atoms with Crippen molar-refractivity contribution in [3.63, 3.8) is 0 Å². The minimum absolute atomic E-state index is 0.526. The lowest BCUT2D eigenvalue weighted by atomic mass is 10.2. The van der Waals surface area contributed by atoms with E-state index in [-0.39, 0.29) is 0 Å². The monoisotopic (exact) mass is 349 g/mol. The molecule has 2 aromatic carbocycles. The van der Waals surface area contributed by atoms with Crippen LogP contribution >= 0.6 is 15.9 Å². The highest BCUT2D eigenvalue weighted by Crippen LogP contribution is 2.24. The number of hydrogen-bond donors (Lipinski definition) is 1. The van der Waals surface area contributed by atoms with E-state index in [1.54, 1.807) is 7.11 Å². The van der Waals surface area contributed by atoms with Gasteiger partial charge in [0.25, 0.3) is 0 Å². The maximum absolute atomic E-state index is 5.96. The highest BCUT2D eigenvalue weighted by molar-refractivity contribution is 9.10. The highest BCUT2D eigenvalue weighted by atomic mass is 79.9. The van der Waals surface area contributed by atoms with Crippen LogP contribution in [-0.2, 0) is 13.2 Å². The van der Waals surface area contributed by atoms with Crippen LogP contribution in [0.5, 0.6) is 11.5 Å². The van der Waals surface area contributed by atoms with Crippen molar-refractivity contribution in [2.75, 3.05) is 13.7 Å². The summed E-state index contributed by atoms with van der Waals surface area (Å²) in [7, 11) is 1.67. The van der Waals surface area contributed by atoms with Crippen LogP contribution in [-0.4, -0.2) is 13.7 Å². The second-order valence-electron chi connectivity index (χ2n) is 4.67. The van der Waals surface area contributed by atoms with Crippen molar-refractivity contribution in [2.24, 2.45) is 0 Å². The van der Waals surface area contributed by atoms with E-state index in [1.807, 2.05) is 36.4 Å². The fourth-order valence-corrected chi connectivity index (χ4v) is 2.42. The third-order valence-corrected chi connectivity index (χ3v) is 3.61. The Hall–Kier alpha value is -1.52. The van der Waals surface area contributed by atoms with Crippen LogP contribution < -0.4 is 14.8 Å². The van der Waals surface area contributed by atoms with Crippen molar-refractivity contribution in [3.8, 4) is 11.5 Å². The summed E-state index contributed by atoms with van der Waals surface area (Å²) in [6, 6.07) is 14.0. The van der Waals surface area contributed by atoms with Gasteiger partial charge in [-0.2, -0.15) is 0 Å². The molecule has 0 unspecified atom stereocenters. The molecule has 0 aliphatic rings. The van der Waals surface area contributed by atoms with Gasteiger partial charge in [0.15, 0.2) is 0 Å². The molecule has 2 aromatic rings. The summed E-state index contributed by atoms with van der Waals surface area (Å²) < 4.78 is 12.2. The number of halogens is 1. The Morgan fingerprint density at radius 1 is 1.14 bits per heavy atom. The van der Waals surface area contributed by atoms with Gasteiger partial charge in [0, 0.05) is 16.6 Å². The van der Waals surface area contributed by atoms with Crippen LogP contribution in [0.25, 0.3) is 0 Å². The lowest BCUT2D eigenvalue weighted by Gasteiger charge is -2.13. The van der Waals surface area contributed by atoms with Gasteiger partial charge in [-0.1, -0.05) is 35.0 Å². The van der Waals surface area contributed by atoms with Crippen LogP contribution in [0.2, 0.25) is 0 Å². The van der Waals surface area contributed by atoms with E-state index in [2.05, 4.69) is 34.2 Å². The van der Waals surface area contributed by atoms with Crippen molar-refractivity contribution in [2.45, 2.75) is 20.1 Å². The summed E-state index contributed by atoms with van der Waals surface area (Å²) in [6.45, 7) is 4.35. The maximum Gasteiger partial charge on any atom is 0.124 e. The van der Waals surface area contributed by atoms with Crippen LogP contribution in [0.1, 0.15) is 18.1 Å². The van der Waals surface area contributed by atoms with Crippen LogP contribution in [0.3, 0.4) is 0 Å². The third kappa shape index (κ3) is 4.76. The Kier molecular flexibility index (Phi) is 6.08. The normalized spacial score (nSPS) is 10.4. The third-order valence-electron chi connectivity index (χ3n) is 3.12. The SMILES string of the molecule is CCNCc1cc(Br)ccc1OCc1cccc(OC)c1. The van der Waals surface area contributed by atoms with Crippen LogP contribution in [0.4, 0.5) is 0 Å². The first kappa shape index (κ1) is 15.9. The minimum atomic E-state index is 0.526. The first-order valence-corrected chi connectivity index (χ1v) is 7.77. The molecular formula is C17H20BrNO2. The first-order chi connectivity index (χ1) is 10.2. The van der Waals surface area contributed by atoms with Crippen molar-refractivity contribution in [1.82, 2.24) is 5.32 Å². The molecule has 0 aromatic heterocycles. The first-order valence-electron chi connectivity index (χ1n) is 6.97. The largest absolute Gasteiger partial charge is 0.497 e. The number of ether oxygens (including phenoxy) is 2. The quantitative estimate of drug-likeness (QED) is 0.814. The van der Waals surface area contributed by atoms with Gasteiger partial charge in [0.2, 0.25) is 0 Å². The van der Waals surface area contributed by atoms with Gasteiger partial charge in [-0.25, -0.2) is 0 Å². The molecule has 0 spiro atoms. The lowest BCUT2D eigenvalue weighted by Crippen LogP contribution is -2.13. The smallest absolute Gasteiger partial charge is 0.124 e. The van der Waals surface area contributed by atoms with Crippen molar-refractivity contribution in [3.05, 3.63) is 58.1 Å². The molecule has 112 valence electrons. The molecule has 0 fully saturated rings. The zero-order chi connectivity index (χ0) is 15.1. The number of nitrogens with one attached hydrogen (secondary N) is 1. The van der Waals surface area contributed by atoms with Crippen molar-refractivity contribution in [1.29, 1.82) is 0 Å². The summed E-state index contributed by atoms with van der Waals surface area (Å²) in [6.07, 6.45) is 0. The lowest BCUT2D eigenvalue weighted by molar-refractivity contribution is 0.301. The van der Waals surface area contributed by atoms with Gasteiger partial charge >= 0.3 is 0 Å². The molecule has 0 aliphatic heterocycles. The molecule has 0 bridgehead atoms. The number of rotatable bonds is 7. The number of benzene rings is 2. The Balaban J connectivity index is 2.07. The fraction of sp³-hybridized carbons (Fsp3) is 0.294. The van der Waals surface area contributed by atoms with E-state index < -0.39 is 0 Å². The van der Waals surface area contributed by atoms with Gasteiger partial charge in [-0.15, -0.1) is 0 Å². The summed E-state index contributed by atoms with van der Waals surface area (Å²) in [4.78, 5) is 0. The summed E-state index contributed by atoms with van der Waals surface area (Å²) >= 11 is 3.50. The van der Waals surface area contributed by atoms with Crippen molar-refractivity contribution < 1.29 is 9.47 Å². The van der Waals surface area contributed by atoms with E-state index in [9.17, 15) is 0 Å². The fourth-order valence-electron chi connectivity index (χ4n) is 2.01. The Labute approximate surface area is 134 Å². The number of hydrogen-bond acceptors (Lipinski definition) is 3. The Morgan fingerprint density at radius 3 is 2.76 bits per heavy atom. The molecule has 0 saturated heterocycles. The molecule has 2 rings (SSSR count). The van der Waals surface area contributed by atoms with Gasteiger partial charge in [-0.05, 0) is 42.4 Å². The predicted molar refractivity (Wildman–Crippen MR) is 88.8 cm³/mol. The summed E-state index contributed by atoms with van der Waals surface area (Å²) in [5.41, 5.74) is 2.24. The average Bonchev–Trinajstić information content (AvgIpc) is 2.52. The van der Waals surface area contributed by atoms with Crippen molar-refractivity contribution >= 4 is 15.9 Å². The van der Waals surface area contributed by atoms with E-state index in [1.165, 1.54) is 0 Å². The van der Waals surface area contributed by atoms with Gasteiger partial charge in [0.05, 0.1) is 7.11 Å². The van der Waals surface area contributed by atoms with E-state index in [0.717, 1.165) is 40.2 Å². The highest BCUT2D eigenvalue weighted by Gasteiger charge is 2.05. The predicted octanol–water partition coefficient (Wildman–Crippen LogP) is 4.15. The molecule has 21 heavy (non-hydrogen) atoms. The zero-order valence-electron chi connectivity index (χ0n) is 12.4. The number of methoxy groups -OCH3 is 1. The summed E-state index contributed by atoms with van der Waals surface area (Å²) in [5.74, 6) is 1.75. The summed E-state index contributed by atoms with van der Waals surface area (Å²) in [5, 5.41) is 3.33. The van der Waals surface area contributed by atoms with E-state index >= 15 is 0 Å². The molecule has 0 aliphatic carbocycles. The topological polar surface area (TPSA) is 30.5 Å². The van der Waals surface area contributed by atoms with E-state index in [0.29, 0.717) is 6.61 Å². The second-order valence-corrected chi connectivity index (χ2v) is 5.59. The van der Waals surface area contributed by atoms with Gasteiger partial charge in [0.1, 0.15) is 18.1 Å². The standard InChI is InChI=1S/C17H20BrNO2/c1-3-19-11-14-10-15(18)7-8-17(14)21-12-13-5-4-6-16(9-13)20-2/h4-10,19H,3,11-12H2,1-2H3. The minimum Gasteiger partial charge on any atom is -0.497 e. The molecule has 3 nitrogen and oxygen atoms in total. The zero-order valence-corrected chi connectivity index (χ0v) is 13.9. The van der Waals surface area contributed by atoms with Crippen LogP contribution in [0, 0.1) is 0 Å². The Morgan fingerprint density at radius 2 is 2.00 bits per heavy atom.